The molecule has 3 amide bonds. The normalized spacial score (nSPS) is 11.7. The molecule has 0 aliphatic carbocycles. The van der Waals surface area contributed by atoms with Crippen molar-refractivity contribution in [3.05, 3.63) is 35.6 Å². The van der Waals surface area contributed by atoms with E-state index in [4.69, 9.17) is 4.74 Å². The minimum Gasteiger partial charge on any atom is -0.453 e. The number of aryl methyl sites for hydroxylation is 1. The molecule has 23 heavy (non-hydrogen) atoms. The summed E-state index contributed by atoms with van der Waals surface area (Å²) in [5.41, 5.74) is 0.789. The third kappa shape index (κ3) is 7.39. The highest BCUT2D eigenvalue weighted by Crippen LogP contribution is 2.07. The molecule has 1 aromatic rings. The van der Waals surface area contributed by atoms with Gasteiger partial charge in [0, 0.05) is 12.5 Å². The molecule has 2 N–H and O–H groups in total. The molecule has 0 saturated carbocycles. The van der Waals surface area contributed by atoms with Gasteiger partial charge in [0.1, 0.15) is 5.82 Å². The minimum absolute atomic E-state index is 0.0570. The third-order valence-electron chi connectivity index (χ3n) is 2.87. The average Bonchev–Trinajstić information content (AvgIpc) is 2.45. The summed E-state index contributed by atoms with van der Waals surface area (Å²) in [6.45, 7) is 4.89. The second-order valence-electron chi connectivity index (χ2n) is 5.38. The lowest BCUT2D eigenvalue weighted by molar-refractivity contribution is -0.154. The number of hydrogen-bond acceptors (Lipinski definition) is 4. The highest BCUT2D eigenvalue weighted by molar-refractivity contribution is 5.97. The second kappa shape index (κ2) is 8.87. The van der Waals surface area contributed by atoms with Crippen LogP contribution in [-0.4, -0.2) is 30.1 Å². The highest BCUT2D eigenvalue weighted by atomic mass is 19.1. The number of imide groups is 1. The summed E-state index contributed by atoms with van der Waals surface area (Å²) >= 11 is 0. The smallest absolute Gasteiger partial charge is 0.321 e. The quantitative estimate of drug-likeness (QED) is 0.783. The first kappa shape index (κ1) is 18.6. The van der Waals surface area contributed by atoms with Crippen LogP contribution < -0.4 is 10.6 Å². The predicted molar refractivity (Wildman–Crippen MR) is 82.1 cm³/mol. The molecular formula is C16H21FN2O4. The van der Waals surface area contributed by atoms with Gasteiger partial charge >= 0.3 is 12.0 Å². The van der Waals surface area contributed by atoms with E-state index in [0.29, 0.717) is 6.42 Å². The SMILES string of the molecule is CC(C)NC(=O)NC(=O)[C@H](C)OC(=O)CCc1ccc(F)cc1. The second-order valence-corrected chi connectivity index (χ2v) is 5.38. The molecule has 1 atom stereocenters. The van der Waals surface area contributed by atoms with Gasteiger partial charge in [0.25, 0.3) is 5.91 Å². The number of rotatable bonds is 6. The maximum Gasteiger partial charge on any atom is 0.321 e. The minimum atomic E-state index is -1.08. The van der Waals surface area contributed by atoms with Gasteiger partial charge in [-0.05, 0) is 44.9 Å². The molecule has 0 saturated heterocycles. The summed E-state index contributed by atoms with van der Waals surface area (Å²) in [6.07, 6.45) is -0.642. The molecule has 0 heterocycles. The van der Waals surface area contributed by atoms with Crippen molar-refractivity contribution < 1.29 is 23.5 Å². The number of benzene rings is 1. The Morgan fingerprint density at radius 1 is 1.13 bits per heavy atom. The van der Waals surface area contributed by atoms with Gasteiger partial charge in [-0.3, -0.25) is 14.9 Å². The Labute approximate surface area is 134 Å². The Balaban J connectivity index is 2.36. The number of carbonyl (C=O) groups excluding carboxylic acids is 3. The van der Waals surface area contributed by atoms with Crippen molar-refractivity contribution in [2.45, 2.75) is 45.8 Å². The van der Waals surface area contributed by atoms with Gasteiger partial charge in [0.05, 0.1) is 0 Å². The maximum absolute atomic E-state index is 12.8. The Bertz CT molecular complexity index is 558. The first-order valence-electron chi connectivity index (χ1n) is 7.33. The van der Waals surface area contributed by atoms with Crippen LogP contribution in [0.1, 0.15) is 32.8 Å². The van der Waals surface area contributed by atoms with Gasteiger partial charge in [-0.2, -0.15) is 0 Å². The number of ether oxygens (including phenoxy) is 1. The summed E-state index contributed by atoms with van der Waals surface area (Å²) in [5, 5.41) is 4.58. The first-order chi connectivity index (χ1) is 10.8. The van der Waals surface area contributed by atoms with Crippen LogP contribution >= 0.6 is 0 Å². The van der Waals surface area contributed by atoms with Crippen LogP contribution in [0.5, 0.6) is 0 Å². The zero-order chi connectivity index (χ0) is 17.4. The van der Waals surface area contributed by atoms with Gasteiger partial charge in [-0.25, -0.2) is 9.18 Å². The average molecular weight is 324 g/mol. The molecule has 0 radical (unpaired) electrons. The molecule has 0 fully saturated rings. The Kier molecular flexibility index (Phi) is 7.18. The highest BCUT2D eigenvalue weighted by Gasteiger charge is 2.20. The lowest BCUT2D eigenvalue weighted by Crippen LogP contribution is -2.46. The van der Waals surface area contributed by atoms with E-state index in [0.717, 1.165) is 5.56 Å². The molecule has 0 unspecified atom stereocenters. The lowest BCUT2D eigenvalue weighted by Gasteiger charge is -2.14. The molecule has 0 aliphatic heterocycles. The molecule has 6 nitrogen and oxygen atoms in total. The molecule has 0 aromatic heterocycles. The Hall–Kier alpha value is -2.44. The number of hydrogen-bond donors (Lipinski definition) is 2. The maximum atomic E-state index is 12.8. The van der Waals surface area contributed by atoms with Crippen molar-refractivity contribution in [1.29, 1.82) is 0 Å². The number of urea groups is 1. The molecule has 0 aliphatic rings. The van der Waals surface area contributed by atoms with Gasteiger partial charge in [0.2, 0.25) is 0 Å². The van der Waals surface area contributed by atoms with E-state index in [1.54, 1.807) is 26.0 Å². The van der Waals surface area contributed by atoms with Gasteiger partial charge < -0.3 is 10.1 Å². The zero-order valence-corrected chi connectivity index (χ0v) is 13.4. The molecule has 1 rings (SSSR count). The fraction of sp³-hybridized carbons (Fsp3) is 0.438. The van der Waals surface area contributed by atoms with Crippen molar-refractivity contribution in [1.82, 2.24) is 10.6 Å². The largest absolute Gasteiger partial charge is 0.453 e. The van der Waals surface area contributed by atoms with Crippen molar-refractivity contribution in [3.63, 3.8) is 0 Å². The molecule has 1 aromatic carbocycles. The van der Waals surface area contributed by atoms with Crippen LogP contribution in [-0.2, 0) is 20.7 Å². The summed E-state index contributed by atoms with van der Waals surface area (Å²) in [7, 11) is 0. The van der Waals surface area contributed by atoms with Crippen LogP contribution in [0.25, 0.3) is 0 Å². The topological polar surface area (TPSA) is 84.5 Å². The Morgan fingerprint density at radius 2 is 1.74 bits per heavy atom. The van der Waals surface area contributed by atoms with Crippen LogP contribution in [0, 0.1) is 5.82 Å². The first-order valence-corrected chi connectivity index (χ1v) is 7.33. The van der Waals surface area contributed by atoms with E-state index >= 15 is 0 Å². The summed E-state index contributed by atoms with van der Waals surface area (Å²) < 4.78 is 17.7. The van der Waals surface area contributed by atoms with Crippen LogP contribution in [0.2, 0.25) is 0 Å². The molecule has 0 spiro atoms. The fourth-order valence-electron chi connectivity index (χ4n) is 1.72. The van der Waals surface area contributed by atoms with Crippen LogP contribution in [0.15, 0.2) is 24.3 Å². The van der Waals surface area contributed by atoms with E-state index in [-0.39, 0.29) is 18.3 Å². The van der Waals surface area contributed by atoms with Crippen molar-refractivity contribution in [2.24, 2.45) is 0 Å². The lowest BCUT2D eigenvalue weighted by atomic mass is 10.1. The fourth-order valence-corrected chi connectivity index (χ4v) is 1.72. The number of amides is 3. The zero-order valence-electron chi connectivity index (χ0n) is 13.4. The van der Waals surface area contributed by atoms with Gasteiger partial charge in [-0.1, -0.05) is 12.1 Å². The van der Waals surface area contributed by atoms with Crippen LogP contribution in [0.3, 0.4) is 0 Å². The summed E-state index contributed by atoms with van der Waals surface area (Å²) in [6, 6.07) is 5.02. The van der Waals surface area contributed by atoms with E-state index in [1.165, 1.54) is 19.1 Å². The molecule has 126 valence electrons. The Morgan fingerprint density at radius 3 is 2.30 bits per heavy atom. The molecular weight excluding hydrogens is 303 g/mol. The van der Waals surface area contributed by atoms with Gasteiger partial charge in [0.15, 0.2) is 6.10 Å². The standard InChI is InChI=1S/C16H21FN2O4/c1-10(2)18-16(22)19-15(21)11(3)23-14(20)9-6-12-4-7-13(17)8-5-12/h4-5,7-8,10-11H,6,9H2,1-3H3,(H2,18,19,21,22)/t11-/m0/s1. The van der Waals surface area contributed by atoms with Crippen molar-refractivity contribution in [3.8, 4) is 0 Å². The van der Waals surface area contributed by atoms with E-state index in [2.05, 4.69) is 10.6 Å². The van der Waals surface area contributed by atoms with Crippen molar-refractivity contribution in [2.75, 3.05) is 0 Å². The summed E-state index contributed by atoms with van der Waals surface area (Å²) in [4.78, 5) is 34.8. The van der Waals surface area contributed by atoms with Crippen LogP contribution in [0.4, 0.5) is 9.18 Å². The van der Waals surface area contributed by atoms with Gasteiger partial charge in [-0.15, -0.1) is 0 Å². The molecule has 0 bridgehead atoms. The number of carbonyl (C=O) groups is 3. The number of esters is 1. The summed E-state index contributed by atoms with van der Waals surface area (Å²) in [5.74, 6) is -1.61. The van der Waals surface area contributed by atoms with E-state index < -0.39 is 24.0 Å². The predicted octanol–water partition coefficient (Wildman–Crippen LogP) is 1.92. The van der Waals surface area contributed by atoms with Crippen molar-refractivity contribution >= 4 is 17.9 Å². The third-order valence-corrected chi connectivity index (χ3v) is 2.87. The number of halogens is 1. The molecule has 7 heteroatoms. The van der Waals surface area contributed by atoms with E-state index in [9.17, 15) is 18.8 Å². The van der Waals surface area contributed by atoms with E-state index in [1.807, 2.05) is 0 Å². The monoisotopic (exact) mass is 324 g/mol. The number of nitrogens with one attached hydrogen (secondary N) is 2.